The maximum atomic E-state index is 8.49. The molecule has 1 rings (SSSR count). The van der Waals surface area contributed by atoms with Crippen LogP contribution in [0.5, 0.6) is 0 Å². The number of nitriles is 1. The molecule has 0 aliphatic carbocycles. The first kappa shape index (κ1) is 12.5. The van der Waals surface area contributed by atoms with Gasteiger partial charge in [-0.05, 0) is 18.8 Å². The van der Waals surface area contributed by atoms with Gasteiger partial charge in [0.05, 0.1) is 6.07 Å². The molecular formula is C11H14N4S. The van der Waals surface area contributed by atoms with E-state index in [9.17, 15) is 0 Å². The highest BCUT2D eigenvalue weighted by atomic mass is 32.2. The van der Waals surface area contributed by atoms with Crippen molar-refractivity contribution in [2.24, 2.45) is 0 Å². The molecule has 0 unspecified atom stereocenters. The molecule has 1 aromatic rings. The summed E-state index contributed by atoms with van der Waals surface area (Å²) in [5.74, 6) is 0.785. The van der Waals surface area contributed by atoms with E-state index in [-0.39, 0.29) is 0 Å². The number of nitrogens with zero attached hydrogens (tertiary/aromatic N) is 3. The van der Waals surface area contributed by atoms with Crippen LogP contribution in [0.1, 0.15) is 18.9 Å². The standard InChI is InChI=1S/C11H14N4S/c1-3-7-13-10-9(5-4-6-12)8-14-11(15-10)16-2/h4-5,8H,3,7H2,1-2H3,(H,13,14,15). The molecule has 1 aromatic heterocycles. The third kappa shape index (κ3) is 3.55. The quantitative estimate of drug-likeness (QED) is 0.482. The van der Waals surface area contributed by atoms with Crippen LogP contribution < -0.4 is 5.32 Å². The lowest BCUT2D eigenvalue weighted by molar-refractivity contribution is 0.923. The summed E-state index contributed by atoms with van der Waals surface area (Å²) in [4.78, 5) is 8.53. The highest BCUT2D eigenvalue weighted by Gasteiger charge is 2.03. The van der Waals surface area contributed by atoms with Crippen LogP contribution in [0, 0.1) is 11.3 Å². The Morgan fingerprint density at radius 2 is 2.44 bits per heavy atom. The fraction of sp³-hybridized carbons (Fsp3) is 0.364. The summed E-state index contributed by atoms with van der Waals surface area (Å²) >= 11 is 1.50. The Hall–Kier alpha value is -1.54. The molecule has 0 aromatic carbocycles. The van der Waals surface area contributed by atoms with Gasteiger partial charge in [-0.1, -0.05) is 18.7 Å². The predicted octanol–water partition coefficient (Wildman–Crippen LogP) is 2.56. The smallest absolute Gasteiger partial charge is 0.189 e. The summed E-state index contributed by atoms with van der Waals surface area (Å²) in [6.07, 6.45) is 7.82. The van der Waals surface area contributed by atoms with Crippen molar-refractivity contribution in [3.63, 3.8) is 0 Å². The number of hydrogen-bond donors (Lipinski definition) is 1. The molecule has 0 bridgehead atoms. The molecule has 0 radical (unpaired) electrons. The molecule has 0 saturated carbocycles. The lowest BCUT2D eigenvalue weighted by Crippen LogP contribution is -2.05. The van der Waals surface area contributed by atoms with Crippen molar-refractivity contribution in [2.75, 3.05) is 18.1 Å². The van der Waals surface area contributed by atoms with Gasteiger partial charge in [0.2, 0.25) is 0 Å². The number of anilines is 1. The Kier molecular flexibility index (Phi) is 5.37. The van der Waals surface area contributed by atoms with E-state index in [1.807, 2.05) is 12.3 Å². The Morgan fingerprint density at radius 3 is 3.06 bits per heavy atom. The highest BCUT2D eigenvalue weighted by Crippen LogP contribution is 2.17. The molecule has 4 nitrogen and oxygen atoms in total. The second-order valence-corrected chi connectivity index (χ2v) is 3.82. The van der Waals surface area contributed by atoms with E-state index in [0.717, 1.165) is 29.5 Å². The fourth-order valence-corrected chi connectivity index (χ4v) is 1.45. The number of nitrogens with one attached hydrogen (secondary N) is 1. The van der Waals surface area contributed by atoms with Crippen molar-refractivity contribution >= 4 is 23.7 Å². The summed E-state index contributed by atoms with van der Waals surface area (Å²) in [5.41, 5.74) is 0.841. The zero-order valence-electron chi connectivity index (χ0n) is 9.40. The van der Waals surface area contributed by atoms with Crippen molar-refractivity contribution in [1.29, 1.82) is 5.26 Å². The number of thioether (sulfide) groups is 1. The maximum Gasteiger partial charge on any atom is 0.189 e. The third-order valence-corrected chi connectivity index (χ3v) is 2.42. The first-order valence-corrected chi connectivity index (χ1v) is 6.25. The number of allylic oxidation sites excluding steroid dienone is 1. The molecule has 0 fully saturated rings. The fourth-order valence-electron chi connectivity index (χ4n) is 1.11. The molecule has 84 valence electrons. The third-order valence-electron chi connectivity index (χ3n) is 1.86. The Bertz CT molecular complexity index is 409. The van der Waals surface area contributed by atoms with E-state index in [0.29, 0.717) is 0 Å². The van der Waals surface area contributed by atoms with E-state index < -0.39 is 0 Å². The van der Waals surface area contributed by atoms with E-state index >= 15 is 0 Å². The molecule has 0 amide bonds. The van der Waals surface area contributed by atoms with Crippen LogP contribution in [-0.2, 0) is 0 Å². The molecule has 0 saturated heterocycles. The van der Waals surface area contributed by atoms with Gasteiger partial charge in [-0.25, -0.2) is 9.97 Å². The van der Waals surface area contributed by atoms with Crippen LogP contribution in [0.25, 0.3) is 6.08 Å². The van der Waals surface area contributed by atoms with Crippen LogP contribution in [0.3, 0.4) is 0 Å². The van der Waals surface area contributed by atoms with Gasteiger partial charge in [0.1, 0.15) is 5.82 Å². The van der Waals surface area contributed by atoms with Crippen LogP contribution in [-0.4, -0.2) is 22.8 Å². The number of rotatable bonds is 5. The van der Waals surface area contributed by atoms with Crippen molar-refractivity contribution in [3.8, 4) is 6.07 Å². The first-order chi connectivity index (χ1) is 7.81. The van der Waals surface area contributed by atoms with Gasteiger partial charge in [-0.2, -0.15) is 5.26 Å². The van der Waals surface area contributed by atoms with E-state index in [1.54, 1.807) is 12.3 Å². The largest absolute Gasteiger partial charge is 0.369 e. The maximum absolute atomic E-state index is 8.49. The summed E-state index contributed by atoms with van der Waals surface area (Å²) in [6, 6.07) is 1.96. The molecule has 1 N–H and O–H groups in total. The molecular weight excluding hydrogens is 220 g/mol. The summed E-state index contributed by atoms with van der Waals surface area (Å²) in [7, 11) is 0. The van der Waals surface area contributed by atoms with Gasteiger partial charge < -0.3 is 5.32 Å². The molecule has 0 aliphatic heterocycles. The number of hydrogen-bond acceptors (Lipinski definition) is 5. The van der Waals surface area contributed by atoms with Crippen molar-refractivity contribution in [2.45, 2.75) is 18.5 Å². The Labute approximate surface area is 99.8 Å². The van der Waals surface area contributed by atoms with Crippen molar-refractivity contribution in [1.82, 2.24) is 9.97 Å². The van der Waals surface area contributed by atoms with Crippen molar-refractivity contribution < 1.29 is 0 Å². The monoisotopic (exact) mass is 234 g/mol. The molecule has 0 spiro atoms. The second-order valence-electron chi connectivity index (χ2n) is 3.05. The van der Waals surface area contributed by atoms with Crippen LogP contribution in [0.2, 0.25) is 0 Å². The average molecular weight is 234 g/mol. The van der Waals surface area contributed by atoms with Crippen LogP contribution in [0.4, 0.5) is 5.82 Å². The van der Waals surface area contributed by atoms with Gasteiger partial charge in [-0.3, -0.25) is 0 Å². The molecule has 0 aliphatic rings. The van der Waals surface area contributed by atoms with Gasteiger partial charge in [-0.15, -0.1) is 0 Å². The highest BCUT2D eigenvalue weighted by molar-refractivity contribution is 7.98. The van der Waals surface area contributed by atoms with E-state index in [1.165, 1.54) is 17.8 Å². The minimum atomic E-state index is 0.729. The van der Waals surface area contributed by atoms with Crippen molar-refractivity contribution in [3.05, 3.63) is 17.8 Å². The predicted molar refractivity (Wildman–Crippen MR) is 67.2 cm³/mol. The number of aromatic nitrogens is 2. The normalized spacial score (nSPS) is 10.3. The van der Waals surface area contributed by atoms with Gasteiger partial charge in [0.25, 0.3) is 0 Å². The first-order valence-electron chi connectivity index (χ1n) is 5.03. The molecule has 5 heteroatoms. The second kappa shape index (κ2) is 6.85. The summed E-state index contributed by atoms with van der Waals surface area (Å²) in [6.45, 7) is 2.95. The van der Waals surface area contributed by atoms with Crippen LogP contribution in [0.15, 0.2) is 17.4 Å². The minimum absolute atomic E-state index is 0.729. The molecule has 0 atom stereocenters. The average Bonchev–Trinajstić information content (AvgIpc) is 2.34. The van der Waals surface area contributed by atoms with Gasteiger partial charge in [0.15, 0.2) is 5.16 Å². The Morgan fingerprint density at radius 1 is 1.62 bits per heavy atom. The SMILES string of the molecule is CCCNc1nc(SC)ncc1C=CC#N. The lowest BCUT2D eigenvalue weighted by Gasteiger charge is -2.07. The van der Waals surface area contributed by atoms with Gasteiger partial charge >= 0.3 is 0 Å². The zero-order chi connectivity index (χ0) is 11.8. The topological polar surface area (TPSA) is 61.6 Å². The molecule has 1 heterocycles. The van der Waals surface area contributed by atoms with E-state index in [2.05, 4.69) is 22.2 Å². The zero-order valence-corrected chi connectivity index (χ0v) is 10.2. The van der Waals surface area contributed by atoms with Crippen LogP contribution >= 0.6 is 11.8 Å². The van der Waals surface area contributed by atoms with E-state index in [4.69, 9.17) is 5.26 Å². The lowest BCUT2D eigenvalue weighted by atomic mass is 10.3. The molecule has 16 heavy (non-hydrogen) atoms. The summed E-state index contributed by atoms with van der Waals surface area (Å²) < 4.78 is 0. The minimum Gasteiger partial charge on any atom is -0.369 e. The summed E-state index contributed by atoms with van der Waals surface area (Å²) in [5, 5.41) is 12.4. The Balaban J connectivity index is 2.97. The van der Waals surface area contributed by atoms with Gasteiger partial charge in [0, 0.05) is 24.4 Å².